The van der Waals surface area contributed by atoms with Gasteiger partial charge in [0.25, 0.3) is 0 Å². The summed E-state index contributed by atoms with van der Waals surface area (Å²) in [4.78, 5) is 2.42. The number of anilines is 1. The number of aromatic nitrogens is 3. The predicted octanol–water partition coefficient (Wildman–Crippen LogP) is 2.53. The minimum Gasteiger partial charge on any atom is -0.372 e. The van der Waals surface area contributed by atoms with Crippen LogP contribution in [0.1, 0.15) is 12.8 Å². The molecule has 0 saturated carbocycles. The van der Waals surface area contributed by atoms with Crippen LogP contribution in [0.4, 0.5) is 5.69 Å². The van der Waals surface area contributed by atoms with Crippen molar-refractivity contribution in [3.63, 3.8) is 0 Å². The molecular formula is C12H14N4S. The number of nitrogens with one attached hydrogen (secondary N) is 1. The third-order valence-corrected chi connectivity index (χ3v) is 3.44. The first-order valence-corrected chi connectivity index (χ1v) is 6.23. The number of rotatable bonds is 2. The van der Waals surface area contributed by atoms with Crippen molar-refractivity contribution in [1.29, 1.82) is 0 Å². The van der Waals surface area contributed by atoms with Gasteiger partial charge in [-0.3, -0.25) is 9.67 Å². The molecule has 0 aliphatic carbocycles. The number of nitrogens with zero attached hydrogens (tertiary/aromatic N) is 3. The van der Waals surface area contributed by atoms with E-state index in [4.69, 9.17) is 12.2 Å². The van der Waals surface area contributed by atoms with Gasteiger partial charge in [0.05, 0.1) is 0 Å². The van der Waals surface area contributed by atoms with Gasteiger partial charge >= 0.3 is 0 Å². The molecule has 88 valence electrons. The van der Waals surface area contributed by atoms with E-state index in [0.29, 0.717) is 4.77 Å². The van der Waals surface area contributed by atoms with Crippen LogP contribution in [0.3, 0.4) is 0 Å². The number of benzene rings is 1. The van der Waals surface area contributed by atoms with Gasteiger partial charge in [-0.25, -0.2) is 0 Å². The molecule has 3 rings (SSSR count). The topological polar surface area (TPSA) is 36.9 Å². The molecule has 0 bridgehead atoms. The largest absolute Gasteiger partial charge is 0.372 e. The second-order valence-corrected chi connectivity index (χ2v) is 4.63. The maximum Gasteiger partial charge on any atom is 0.199 e. The van der Waals surface area contributed by atoms with Crippen molar-refractivity contribution < 1.29 is 0 Å². The van der Waals surface area contributed by atoms with E-state index in [2.05, 4.69) is 39.4 Å². The Hall–Kier alpha value is -1.62. The van der Waals surface area contributed by atoms with Gasteiger partial charge in [-0.05, 0) is 49.3 Å². The average Bonchev–Trinajstić information content (AvgIpc) is 3.00. The molecule has 4 nitrogen and oxygen atoms in total. The fraction of sp³-hybridized carbons (Fsp3) is 0.333. The lowest BCUT2D eigenvalue weighted by molar-refractivity contribution is 0.949. The lowest BCUT2D eigenvalue weighted by Gasteiger charge is -2.17. The molecule has 1 aromatic heterocycles. The highest BCUT2D eigenvalue weighted by Crippen LogP contribution is 2.21. The molecule has 0 atom stereocenters. The molecule has 1 aromatic carbocycles. The molecular weight excluding hydrogens is 232 g/mol. The monoisotopic (exact) mass is 246 g/mol. The van der Waals surface area contributed by atoms with E-state index >= 15 is 0 Å². The maximum atomic E-state index is 5.14. The van der Waals surface area contributed by atoms with E-state index in [1.807, 2.05) is 4.57 Å². The summed E-state index contributed by atoms with van der Waals surface area (Å²) >= 11 is 5.14. The van der Waals surface area contributed by atoms with Crippen molar-refractivity contribution in [3.05, 3.63) is 35.4 Å². The van der Waals surface area contributed by atoms with Gasteiger partial charge in [0, 0.05) is 24.5 Å². The van der Waals surface area contributed by atoms with E-state index < -0.39 is 0 Å². The maximum absolute atomic E-state index is 5.14. The number of hydrogen-bond acceptors (Lipinski definition) is 3. The quantitative estimate of drug-likeness (QED) is 0.827. The first-order chi connectivity index (χ1) is 8.34. The minimum atomic E-state index is 0.624. The smallest absolute Gasteiger partial charge is 0.199 e. The van der Waals surface area contributed by atoms with E-state index in [1.54, 1.807) is 6.33 Å². The first-order valence-electron chi connectivity index (χ1n) is 5.82. The van der Waals surface area contributed by atoms with E-state index in [9.17, 15) is 0 Å². The average molecular weight is 246 g/mol. The Bertz CT molecular complexity index is 548. The molecule has 1 saturated heterocycles. The zero-order valence-electron chi connectivity index (χ0n) is 9.47. The highest BCUT2D eigenvalue weighted by Gasteiger charge is 2.11. The van der Waals surface area contributed by atoms with Crippen LogP contribution in [-0.2, 0) is 0 Å². The van der Waals surface area contributed by atoms with Gasteiger partial charge in [-0.1, -0.05) is 0 Å². The van der Waals surface area contributed by atoms with Crippen LogP contribution in [-0.4, -0.2) is 27.9 Å². The van der Waals surface area contributed by atoms with Crippen molar-refractivity contribution in [2.75, 3.05) is 18.0 Å². The lowest BCUT2D eigenvalue weighted by atomic mass is 10.2. The predicted molar refractivity (Wildman–Crippen MR) is 70.2 cm³/mol. The Morgan fingerprint density at radius 2 is 1.71 bits per heavy atom. The first kappa shape index (κ1) is 10.5. The van der Waals surface area contributed by atoms with Crippen LogP contribution in [0.2, 0.25) is 0 Å². The molecule has 2 aromatic rings. The van der Waals surface area contributed by atoms with Crippen LogP contribution in [0.25, 0.3) is 5.69 Å². The summed E-state index contributed by atoms with van der Waals surface area (Å²) < 4.78 is 2.49. The molecule has 1 fully saturated rings. The number of aromatic amines is 1. The summed E-state index contributed by atoms with van der Waals surface area (Å²) in [6.07, 6.45) is 4.30. The summed E-state index contributed by atoms with van der Waals surface area (Å²) in [7, 11) is 0. The second kappa shape index (κ2) is 4.33. The summed E-state index contributed by atoms with van der Waals surface area (Å²) in [5.41, 5.74) is 2.34. The Labute approximate surface area is 105 Å². The fourth-order valence-electron chi connectivity index (χ4n) is 2.23. The standard InChI is InChI=1S/C12H14N4S/c17-12-14-13-9-16(12)11-5-3-10(4-6-11)15-7-1-2-8-15/h3-6,9H,1-2,7-8H2,(H,14,17). The summed E-state index contributed by atoms with van der Waals surface area (Å²) in [6, 6.07) is 8.46. The zero-order chi connectivity index (χ0) is 11.7. The zero-order valence-corrected chi connectivity index (χ0v) is 10.3. The van der Waals surface area contributed by atoms with Crippen molar-refractivity contribution in [3.8, 4) is 5.69 Å². The Balaban J connectivity index is 1.90. The Morgan fingerprint density at radius 1 is 1.06 bits per heavy atom. The van der Waals surface area contributed by atoms with Gasteiger partial charge in [-0.15, -0.1) is 0 Å². The molecule has 0 spiro atoms. The summed E-state index contributed by atoms with van der Waals surface area (Å²) in [6.45, 7) is 2.34. The Kier molecular flexibility index (Phi) is 2.68. The van der Waals surface area contributed by atoms with E-state index in [-0.39, 0.29) is 0 Å². The van der Waals surface area contributed by atoms with Crippen molar-refractivity contribution in [2.24, 2.45) is 0 Å². The second-order valence-electron chi connectivity index (χ2n) is 4.24. The van der Waals surface area contributed by atoms with Crippen molar-refractivity contribution >= 4 is 17.9 Å². The van der Waals surface area contributed by atoms with E-state index in [0.717, 1.165) is 5.69 Å². The summed E-state index contributed by atoms with van der Waals surface area (Å²) in [5.74, 6) is 0. The van der Waals surface area contributed by atoms with Gasteiger partial charge in [0.15, 0.2) is 4.77 Å². The van der Waals surface area contributed by atoms with Gasteiger partial charge in [0.1, 0.15) is 6.33 Å². The molecule has 2 heterocycles. The molecule has 0 amide bonds. The SMILES string of the molecule is S=c1[nH]ncn1-c1ccc(N2CCCC2)cc1. The molecule has 1 N–H and O–H groups in total. The fourth-order valence-corrected chi connectivity index (χ4v) is 2.44. The highest BCUT2D eigenvalue weighted by molar-refractivity contribution is 7.71. The molecule has 1 aliphatic rings. The Morgan fingerprint density at radius 3 is 2.29 bits per heavy atom. The van der Waals surface area contributed by atoms with Crippen molar-refractivity contribution in [2.45, 2.75) is 12.8 Å². The van der Waals surface area contributed by atoms with Crippen LogP contribution in [0.15, 0.2) is 30.6 Å². The summed E-state index contributed by atoms with van der Waals surface area (Å²) in [5, 5.41) is 6.68. The van der Waals surface area contributed by atoms with Gasteiger partial charge < -0.3 is 4.90 Å². The number of H-pyrrole nitrogens is 1. The van der Waals surface area contributed by atoms with Gasteiger partial charge in [-0.2, -0.15) is 5.10 Å². The van der Waals surface area contributed by atoms with Crippen LogP contribution < -0.4 is 4.90 Å². The molecule has 5 heteroatoms. The van der Waals surface area contributed by atoms with Crippen molar-refractivity contribution in [1.82, 2.24) is 14.8 Å². The molecule has 0 unspecified atom stereocenters. The third-order valence-electron chi connectivity index (χ3n) is 3.15. The lowest BCUT2D eigenvalue weighted by Crippen LogP contribution is -2.17. The van der Waals surface area contributed by atoms with E-state index in [1.165, 1.54) is 31.6 Å². The van der Waals surface area contributed by atoms with Crippen LogP contribution in [0.5, 0.6) is 0 Å². The van der Waals surface area contributed by atoms with Crippen LogP contribution >= 0.6 is 12.2 Å². The highest BCUT2D eigenvalue weighted by atomic mass is 32.1. The van der Waals surface area contributed by atoms with Crippen LogP contribution in [0, 0.1) is 4.77 Å². The minimum absolute atomic E-state index is 0.624. The molecule has 1 aliphatic heterocycles. The molecule has 17 heavy (non-hydrogen) atoms. The normalized spacial score (nSPS) is 15.4. The number of hydrogen-bond donors (Lipinski definition) is 1. The molecule has 0 radical (unpaired) electrons. The third kappa shape index (κ3) is 1.98. The van der Waals surface area contributed by atoms with Gasteiger partial charge in [0.2, 0.25) is 0 Å².